The molecule has 1 aromatic heterocycles. The molecule has 2 aromatic rings. The van der Waals surface area contributed by atoms with E-state index in [9.17, 15) is 9.90 Å². The lowest BCUT2D eigenvalue weighted by Gasteiger charge is -2.26. The van der Waals surface area contributed by atoms with Crippen molar-refractivity contribution in [1.29, 1.82) is 0 Å². The number of carbonyl (C=O) groups is 1. The second-order valence-corrected chi connectivity index (χ2v) is 6.63. The average molecular weight is 332 g/mol. The van der Waals surface area contributed by atoms with Crippen molar-refractivity contribution in [3.63, 3.8) is 0 Å². The zero-order valence-electron chi connectivity index (χ0n) is 14.2. The van der Waals surface area contributed by atoms with Crippen LogP contribution in [-0.2, 0) is 17.7 Å². The van der Waals surface area contributed by atoms with E-state index >= 15 is 0 Å². The molecule has 1 amide bonds. The molecule has 0 bridgehead atoms. The number of benzene rings is 1. The Morgan fingerprint density at radius 2 is 2.04 bits per heavy atom. The Labute approximate surface area is 141 Å². The highest BCUT2D eigenvalue weighted by atomic mass is 16.6. The normalized spacial score (nSPS) is 14.0. The van der Waals surface area contributed by atoms with Gasteiger partial charge in [0.25, 0.3) is 0 Å². The van der Waals surface area contributed by atoms with Crippen molar-refractivity contribution in [2.45, 2.75) is 51.5 Å². The van der Waals surface area contributed by atoms with Crippen LogP contribution in [0.4, 0.5) is 4.79 Å². The number of hydrogen-bond donors (Lipinski definition) is 2. The molecule has 1 aromatic carbocycles. The van der Waals surface area contributed by atoms with Gasteiger partial charge in [-0.05, 0) is 32.8 Å². The van der Waals surface area contributed by atoms with E-state index in [-0.39, 0.29) is 6.54 Å². The van der Waals surface area contributed by atoms with Crippen LogP contribution in [0.5, 0.6) is 0 Å². The maximum atomic E-state index is 12.1. The van der Waals surface area contributed by atoms with Crippen LogP contribution >= 0.6 is 0 Å². The molecule has 1 heterocycles. The van der Waals surface area contributed by atoms with Crippen molar-refractivity contribution >= 4 is 6.09 Å². The molecule has 0 aliphatic heterocycles. The van der Waals surface area contributed by atoms with Crippen molar-refractivity contribution in [2.24, 2.45) is 0 Å². The van der Waals surface area contributed by atoms with Crippen LogP contribution in [0.1, 0.15) is 26.3 Å². The number of nitrogens with zero attached hydrogens (tertiary/aromatic N) is 3. The molecule has 2 N–H and O–H groups in total. The summed E-state index contributed by atoms with van der Waals surface area (Å²) in [5, 5.41) is 17.3. The smallest absolute Gasteiger partial charge is 0.407 e. The lowest BCUT2D eigenvalue weighted by molar-refractivity contribution is 0.0398. The van der Waals surface area contributed by atoms with Gasteiger partial charge in [-0.1, -0.05) is 30.3 Å². The maximum absolute atomic E-state index is 12.1. The zero-order chi connectivity index (χ0) is 17.6. The van der Waals surface area contributed by atoms with Gasteiger partial charge < -0.3 is 15.2 Å². The molecular formula is C17H24N4O3. The quantitative estimate of drug-likeness (QED) is 0.841. The van der Waals surface area contributed by atoms with Gasteiger partial charge in [-0.3, -0.25) is 4.68 Å². The van der Waals surface area contributed by atoms with Gasteiger partial charge in [0.2, 0.25) is 0 Å². The molecule has 2 rings (SSSR count). The van der Waals surface area contributed by atoms with Crippen LogP contribution < -0.4 is 5.32 Å². The van der Waals surface area contributed by atoms with Gasteiger partial charge in [-0.25, -0.2) is 9.78 Å². The Bertz CT molecular complexity index is 623. The molecule has 2 atom stereocenters. The minimum absolute atomic E-state index is 0.229. The molecule has 0 aliphatic rings. The summed E-state index contributed by atoms with van der Waals surface area (Å²) in [7, 11) is 0. The molecule has 0 fully saturated rings. The van der Waals surface area contributed by atoms with Gasteiger partial charge in [-0.2, -0.15) is 5.10 Å². The van der Waals surface area contributed by atoms with E-state index in [1.54, 1.807) is 20.8 Å². The molecular weight excluding hydrogens is 308 g/mol. The first kappa shape index (κ1) is 17.9. The Balaban J connectivity index is 2.06. The van der Waals surface area contributed by atoms with Crippen molar-refractivity contribution in [3.8, 4) is 0 Å². The molecule has 7 nitrogen and oxygen atoms in total. The highest BCUT2D eigenvalue weighted by molar-refractivity contribution is 5.68. The summed E-state index contributed by atoms with van der Waals surface area (Å²) in [5.41, 5.74) is 0.411. The molecule has 0 spiro atoms. The summed E-state index contributed by atoms with van der Waals surface area (Å²) >= 11 is 0. The number of aromatic nitrogens is 3. The number of aliphatic hydroxyl groups excluding tert-OH is 1. The molecule has 0 radical (unpaired) electrons. The van der Waals surface area contributed by atoms with E-state index in [4.69, 9.17) is 4.74 Å². The highest BCUT2D eigenvalue weighted by Crippen LogP contribution is 2.11. The monoisotopic (exact) mass is 332 g/mol. The van der Waals surface area contributed by atoms with Crippen LogP contribution in [0, 0.1) is 0 Å². The Morgan fingerprint density at radius 1 is 1.33 bits per heavy atom. The first-order valence-corrected chi connectivity index (χ1v) is 7.87. The molecule has 0 aliphatic carbocycles. The van der Waals surface area contributed by atoms with Crippen molar-refractivity contribution in [2.75, 3.05) is 0 Å². The number of alkyl carbamates (subject to hydrolysis) is 1. The maximum Gasteiger partial charge on any atom is 0.407 e. The van der Waals surface area contributed by atoms with Gasteiger partial charge in [0.05, 0.1) is 18.7 Å². The average Bonchev–Trinajstić information content (AvgIpc) is 2.98. The fourth-order valence-corrected chi connectivity index (χ4v) is 2.26. The van der Waals surface area contributed by atoms with Crippen LogP contribution in [0.15, 0.2) is 43.0 Å². The van der Waals surface area contributed by atoms with Gasteiger partial charge in [0, 0.05) is 0 Å². The molecule has 0 saturated carbocycles. The number of rotatable bonds is 6. The first-order valence-electron chi connectivity index (χ1n) is 7.87. The van der Waals surface area contributed by atoms with Gasteiger partial charge in [0.15, 0.2) is 0 Å². The number of hydrogen-bond acceptors (Lipinski definition) is 5. The lowest BCUT2D eigenvalue weighted by atomic mass is 10.0. The van der Waals surface area contributed by atoms with E-state index in [1.165, 1.54) is 17.3 Å². The van der Waals surface area contributed by atoms with E-state index in [1.807, 2.05) is 30.3 Å². The van der Waals surface area contributed by atoms with Crippen molar-refractivity contribution in [1.82, 2.24) is 20.1 Å². The summed E-state index contributed by atoms with van der Waals surface area (Å²) < 4.78 is 6.82. The van der Waals surface area contributed by atoms with E-state index < -0.39 is 23.8 Å². The number of carbonyl (C=O) groups excluding carboxylic acids is 1. The second-order valence-electron chi connectivity index (χ2n) is 6.63. The SMILES string of the molecule is CC(C)(C)OC(=O)N[C@H](Cc1ccccc1)[C@@H](O)Cn1cncn1. The number of aliphatic hydroxyl groups is 1. The number of ether oxygens (including phenoxy) is 1. The third-order valence-corrected chi connectivity index (χ3v) is 3.31. The van der Waals surface area contributed by atoms with Crippen LogP contribution in [0.3, 0.4) is 0 Å². The summed E-state index contributed by atoms with van der Waals surface area (Å²) in [4.78, 5) is 15.9. The van der Waals surface area contributed by atoms with Gasteiger partial charge in [-0.15, -0.1) is 0 Å². The summed E-state index contributed by atoms with van der Waals surface area (Å²) in [6, 6.07) is 9.16. The third kappa shape index (κ3) is 6.00. The minimum Gasteiger partial charge on any atom is -0.444 e. The summed E-state index contributed by atoms with van der Waals surface area (Å²) in [6.07, 6.45) is 2.02. The predicted molar refractivity (Wildman–Crippen MR) is 89.3 cm³/mol. The molecule has 0 saturated heterocycles. The van der Waals surface area contributed by atoms with Gasteiger partial charge >= 0.3 is 6.09 Å². The molecule has 24 heavy (non-hydrogen) atoms. The number of amides is 1. The Hall–Kier alpha value is -2.41. The van der Waals surface area contributed by atoms with Crippen LogP contribution in [0.25, 0.3) is 0 Å². The topological polar surface area (TPSA) is 89.3 Å². The minimum atomic E-state index is -0.834. The van der Waals surface area contributed by atoms with E-state index in [2.05, 4.69) is 15.4 Å². The second kappa shape index (κ2) is 7.92. The van der Waals surface area contributed by atoms with Crippen LogP contribution in [0.2, 0.25) is 0 Å². The zero-order valence-corrected chi connectivity index (χ0v) is 14.2. The van der Waals surface area contributed by atoms with Crippen molar-refractivity contribution < 1.29 is 14.6 Å². The Morgan fingerprint density at radius 3 is 2.62 bits per heavy atom. The first-order chi connectivity index (χ1) is 11.3. The fourth-order valence-electron chi connectivity index (χ4n) is 2.26. The lowest BCUT2D eigenvalue weighted by Crippen LogP contribution is -2.48. The Kier molecular flexibility index (Phi) is 5.92. The molecule has 0 unspecified atom stereocenters. The van der Waals surface area contributed by atoms with Crippen LogP contribution in [-0.4, -0.2) is 43.7 Å². The predicted octanol–water partition coefficient (Wildman–Crippen LogP) is 1.77. The summed E-state index contributed by atoms with van der Waals surface area (Å²) in [5.74, 6) is 0. The molecule has 130 valence electrons. The fraction of sp³-hybridized carbons (Fsp3) is 0.471. The molecule has 7 heteroatoms. The summed E-state index contributed by atoms with van der Waals surface area (Å²) in [6.45, 7) is 5.62. The standard InChI is InChI=1S/C17H24N4O3/c1-17(2,3)24-16(23)20-14(9-13-7-5-4-6-8-13)15(22)10-21-12-18-11-19-21/h4-8,11-12,14-15,22H,9-10H2,1-3H3,(H,20,23)/t14-,15+/m1/s1. The third-order valence-electron chi connectivity index (χ3n) is 3.31. The van der Waals surface area contributed by atoms with Crippen molar-refractivity contribution in [3.05, 3.63) is 48.5 Å². The largest absolute Gasteiger partial charge is 0.444 e. The number of nitrogens with one attached hydrogen (secondary N) is 1. The van der Waals surface area contributed by atoms with E-state index in [0.717, 1.165) is 5.56 Å². The van der Waals surface area contributed by atoms with E-state index in [0.29, 0.717) is 6.42 Å². The highest BCUT2D eigenvalue weighted by Gasteiger charge is 2.25. The van der Waals surface area contributed by atoms with Gasteiger partial charge in [0.1, 0.15) is 18.3 Å².